The number of aryl methyl sites for hydroxylation is 1. The first-order valence-corrected chi connectivity index (χ1v) is 25.3. The zero-order valence-corrected chi connectivity index (χ0v) is 36.4. The van der Waals surface area contributed by atoms with E-state index in [2.05, 4.69) is 69.9 Å². The van der Waals surface area contributed by atoms with Crippen LogP contribution >= 0.6 is 21.6 Å². The SMILES string of the molecule is CCCCCCCCCCCCSSCCCCCCCCCCCCOc1ccc(N=Nc2ccc(CCCCCCCCCCCC)cc2)cc1. The molecule has 0 aliphatic heterocycles. The Kier molecular flexibility index (Phi) is 33.7. The van der Waals surface area contributed by atoms with Gasteiger partial charge in [0.2, 0.25) is 0 Å². The van der Waals surface area contributed by atoms with Gasteiger partial charge in [0.1, 0.15) is 5.75 Å². The van der Waals surface area contributed by atoms with Gasteiger partial charge in [-0.15, -0.1) is 0 Å². The average Bonchev–Trinajstić information content (AvgIpc) is 3.18. The molecule has 0 saturated carbocycles. The van der Waals surface area contributed by atoms with Gasteiger partial charge in [-0.3, -0.25) is 0 Å². The molecule has 2 aromatic rings. The molecule has 3 nitrogen and oxygen atoms in total. The highest BCUT2D eigenvalue weighted by Gasteiger charge is 2.00. The lowest BCUT2D eigenvalue weighted by atomic mass is 10.0. The molecule has 5 heteroatoms. The Morgan fingerprint density at radius 1 is 0.377 bits per heavy atom. The van der Waals surface area contributed by atoms with Gasteiger partial charge in [0, 0.05) is 11.5 Å². The predicted octanol–water partition coefficient (Wildman–Crippen LogP) is 18.1. The molecule has 0 unspecified atom stereocenters. The number of ether oxygens (including phenoxy) is 1. The fraction of sp³-hybridized carbons (Fsp3) is 0.750. The van der Waals surface area contributed by atoms with Crippen LogP contribution in [0.1, 0.15) is 212 Å². The van der Waals surface area contributed by atoms with Gasteiger partial charge in [-0.25, -0.2) is 0 Å². The first kappa shape index (κ1) is 47.7. The first-order chi connectivity index (χ1) is 26.3. The lowest BCUT2D eigenvalue weighted by Crippen LogP contribution is -1.96. The minimum atomic E-state index is 0.794. The van der Waals surface area contributed by atoms with E-state index in [1.54, 1.807) is 0 Å². The van der Waals surface area contributed by atoms with E-state index in [0.29, 0.717) is 0 Å². The third-order valence-electron chi connectivity index (χ3n) is 10.4. The standard InChI is InChI=1S/C48H82N2OS2/c1-3-5-7-9-11-13-17-21-25-29-33-45-34-36-46(37-35-45)49-50-47-38-40-48(41-39-47)51-42-30-26-22-18-15-16-20-24-28-32-44-53-52-43-31-27-23-19-14-12-10-8-6-4-2/h34-41H,3-33,42-44H2,1-2H3. The zero-order chi connectivity index (χ0) is 37.5. The van der Waals surface area contributed by atoms with Crippen LogP contribution in [0.4, 0.5) is 11.4 Å². The summed E-state index contributed by atoms with van der Waals surface area (Å²) in [6.45, 7) is 5.38. The van der Waals surface area contributed by atoms with Crippen molar-refractivity contribution in [2.24, 2.45) is 10.2 Å². The molecule has 2 aromatic carbocycles. The van der Waals surface area contributed by atoms with Crippen LogP contribution in [0.5, 0.6) is 5.75 Å². The minimum Gasteiger partial charge on any atom is -0.494 e. The fourth-order valence-electron chi connectivity index (χ4n) is 6.90. The van der Waals surface area contributed by atoms with E-state index in [1.165, 1.54) is 203 Å². The number of hydrogen-bond acceptors (Lipinski definition) is 5. The second-order valence-electron chi connectivity index (χ2n) is 15.5. The largest absolute Gasteiger partial charge is 0.494 e. The van der Waals surface area contributed by atoms with Crippen molar-refractivity contribution in [2.75, 3.05) is 18.1 Å². The van der Waals surface area contributed by atoms with Crippen molar-refractivity contribution >= 4 is 33.0 Å². The highest BCUT2D eigenvalue weighted by Crippen LogP contribution is 2.26. The maximum absolute atomic E-state index is 5.99. The molecule has 2 rings (SSSR count). The number of rotatable bonds is 39. The molecule has 0 aliphatic rings. The van der Waals surface area contributed by atoms with Crippen molar-refractivity contribution in [3.05, 3.63) is 54.1 Å². The van der Waals surface area contributed by atoms with Crippen LogP contribution in [-0.2, 0) is 6.42 Å². The maximum atomic E-state index is 5.99. The average molecular weight is 767 g/mol. The number of benzene rings is 2. The van der Waals surface area contributed by atoms with E-state index in [9.17, 15) is 0 Å². The molecule has 0 bridgehead atoms. The van der Waals surface area contributed by atoms with E-state index in [0.717, 1.165) is 36.6 Å². The van der Waals surface area contributed by atoms with Crippen molar-refractivity contribution in [3.8, 4) is 5.75 Å². The predicted molar refractivity (Wildman–Crippen MR) is 241 cm³/mol. The van der Waals surface area contributed by atoms with Crippen LogP contribution in [0.2, 0.25) is 0 Å². The molecule has 0 fully saturated rings. The summed E-state index contributed by atoms with van der Waals surface area (Å²) in [6, 6.07) is 16.6. The summed E-state index contributed by atoms with van der Waals surface area (Å²) < 4.78 is 5.99. The lowest BCUT2D eigenvalue weighted by molar-refractivity contribution is 0.304. The van der Waals surface area contributed by atoms with Gasteiger partial charge in [-0.2, -0.15) is 10.2 Å². The van der Waals surface area contributed by atoms with Crippen LogP contribution in [0.3, 0.4) is 0 Å². The van der Waals surface area contributed by atoms with Crippen molar-refractivity contribution < 1.29 is 4.74 Å². The summed E-state index contributed by atoms with van der Waals surface area (Å²) in [5, 5.41) is 8.89. The molecule has 0 spiro atoms. The summed E-state index contributed by atoms with van der Waals surface area (Å²) in [4.78, 5) is 0. The zero-order valence-electron chi connectivity index (χ0n) is 34.8. The smallest absolute Gasteiger partial charge is 0.119 e. The van der Waals surface area contributed by atoms with E-state index >= 15 is 0 Å². The number of hydrogen-bond donors (Lipinski definition) is 0. The Bertz CT molecular complexity index is 1060. The highest BCUT2D eigenvalue weighted by molar-refractivity contribution is 8.76. The molecule has 53 heavy (non-hydrogen) atoms. The van der Waals surface area contributed by atoms with Crippen molar-refractivity contribution in [2.45, 2.75) is 213 Å². The summed E-state index contributed by atoms with van der Waals surface area (Å²) >= 11 is 0. The summed E-state index contributed by atoms with van der Waals surface area (Å²) in [5.41, 5.74) is 3.17. The Balaban J connectivity index is 1.33. The quantitative estimate of drug-likeness (QED) is 0.0386. The minimum absolute atomic E-state index is 0.794. The summed E-state index contributed by atoms with van der Waals surface area (Å²) in [5.74, 6) is 3.61. The van der Waals surface area contributed by atoms with E-state index in [4.69, 9.17) is 4.74 Å². The van der Waals surface area contributed by atoms with Gasteiger partial charge >= 0.3 is 0 Å². The normalized spacial score (nSPS) is 11.6. The molecule has 0 aliphatic carbocycles. The van der Waals surface area contributed by atoms with Crippen LogP contribution < -0.4 is 4.74 Å². The third-order valence-corrected chi connectivity index (χ3v) is 13.0. The highest BCUT2D eigenvalue weighted by atomic mass is 33.1. The second kappa shape index (κ2) is 37.5. The second-order valence-corrected chi connectivity index (χ2v) is 18.2. The Hall–Kier alpha value is -1.46. The van der Waals surface area contributed by atoms with Crippen LogP contribution in [-0.4, -0.2) is 18.1 Å². The first-order valence-electron chi connectivity index (χ1n) is 22.8. The molecule has 0 saturated heterocycles. The van der Waals surface area contributed by atoms with Crippen molar-refractivity contribution in [3.63, 3.8) is 0 Å². The Labute approximate surface area is 337 Å². The van der Waals surface area contributed by atoms with Crippen LogP contribution in [0.25, 0.3) is 0 Å². The van der Waals surface area contributed by atoms with Crippen LogP contribution in [0.15, 0.2) is 58.8 Å². The van der Waals surface area contributed by atoms with Gasteiger partial charge in [0.05, 0.1) is 18.0 Å². The topological polar surface area (TPSA) is 34.0 Å². The number of unbranched alkanes of at least 4 members (excludes halogenated alkanes) is 27. The van der Waals surface area contributed by atoms with Gasteiger partial charge in [-0.1, -0.05) is 215 Å². The van der Waals surface area contributed by atoms with Crippen molar-refractivity contribution in [1.29, 1.82) is 0 Å². The summed E-state index contributed by atoms with van der Waals surface area (Å²) in [6.07, 6.45) is 42.9. The Morgan fingerprint density at radius 2 is 0.717 bits per heavy atom. The van der Waals surface area contributed by atoms with Gasteiger partial charge in [0.25, 0.3) is 0 Å². The van der Waals surface area contributed by atoms with E-state index in [-0.39, 0.29) is 0 Å². The van der Waals surface area contributed by atoms with Crippen LogP contribution in [0, 0.1) is 0 Å². The number of nitrogens with zero attached hydrogens (tertiary/aromatic N) is 2. The molecular formula is C48H82N2OS2. The van der Waals surface area contributed by atoms with E-state index in [1.807, 2.05) is 24.3 Å². The monoisotopic (exact) mass is 767 g/mol. The number of azo groups is 1. The molecule has 0 radical (unpaired) electrons. The van der Waals surface area contributed by atoms with Gasteiger partial charge in [-0.05, 0) is 74.1 Å². The molecule has 0 heterocycles. The molecular weight excluding hydrogens is 685 g/mol. The van der Waals surface area contributed by atoms with Crippen molar-refractivity contribution in [1.82, 2.24) is 0 Å². The summed E-state index contributed by atoms with van der Waals surface area (Å²) in [7, 11) is 4.24. The third kappa shape index (κ3) is 30.4. The molecule has 0 amide bonds. The fourth-order valence-corrected chi connectivity index (χ4v) is 9.20. The maximum Gasteiger partial charge on any atom is 0.119 e. The molecule has 302 valence electrons. The van der Waals surface area contributed by atoms with Gasteiger partial charge in [0.15, 0.2) is 0 Å². The Morgan fingerprint density at radius 3 is 1.13 bits per heavy atom. The van der Waals surface area contributed by atoms with Gasteiger partial charge < -0.3 is 4.74 Å². The molecule has 0 atom stereocenters. The molecule has 0 aromatic heterocycles. The molecule has 0 N–H and O–H groups in total. The lowest BCUT2D eigenvalue weighted by Gasteiger charge is -2.06. The van der Waals surface area contributed by atoms with E-state index < -0.39 is 0 Å².